The van der Waals surface area contributed by atoms with Crippen LogP contribution in [0.15, 0.2) is 54.6 Å². The number of carbonyl (C=O) groups excluding carboxylic acids is 2. The van der Waals surface area contributed by atoms with Crippen LogP contribution in [0.1, 0.15) is 18.4 Å². The van der Waals surface area contributed by atoms with E-state index in [2.05, 4.69) is 5.32 Å². The molecule has 1 aliphatic heterocycles. The molecule has 1 aliphatic rings. The van der Waals surface area contributed by atoms with Crippen molar-refractivity contribution in [1.29, 1.82) is 0 Å². The van der Waals surface area contributed by atoms with E-state index in [0.717, 1.165) is 6.07 Å². The first-order valence-corrected chi connectivity index (χ1v) is 8.51. The number of hydrogen-bond donors (Lipinski definition) is 1. The highest BCUT2D eigenvalue weighted by molar-refractivity contribution is 6.05. The van der Waals surface area contributed by atoms with E-state index in [1.165, 1.54) is 41.3 Å². The van der Waals surface area contributed by atoms with Gasteiger partial charge < -0.3 is 10.2 Å². The molecule has 0 bridgehead atoms. The van der Waals surface area contributed by atoms with Crippen LogP contribution in [0.25, 0.3) is 5.57 Å². The minimum absolute atomic E-state index is 0.0104. The molecule has 3 rings (SSSR count). The number of nitrogens with one attached hydrogen (secondary N) is 1. The summed E-state index contributed by atoms with van der Waals surface area (Å²) in [6.45, 7) is 0.399. The first-order valence-electron chi connectivity index (χ1n) is 8.51. The van der Waals surface area contributed by atoms with Crippen molar-refractivity contribution in [3.63, 3.8) is 0 Å². The van der Waals surface area contributed by atoms with Gasteiger partial charge in [-0.15, -0.1) is 0 Å². The molecule has 28 heavy (non-hydrogen) atoms. The molecule has 1 saturated heterocycles. The third-order valence-corrected chi connectivity index (χ3v) is 4.25. The Labute approximate surface area is 158 Å². The lowest BCUT2D eigenvalue weighted by Gasteiger charge is -2.17. The van der Waals surface area contributed by atoms with Crippen molar-refractivity contribution in [1.82, 2.24) is 0 Å². The van der Waals surface area contributed by atoms with E-state index in [-0.39, 0.29) is 22.8 Å². The van der Waals surface area contributed by atoms with Gasteiger partial charge in [-0.05, 0) is 30.2 Å². The zero-order valence-corrected chi connectivity index (χ0v) is 14.6. The minimum Gasteiger partial charge on any atom is -0.322 e. The summed E-state index contributed by atoms with van der Waals surface area (Å²) >= 11 is 0. The summed E-state index contributed by atoms with van der Waals surface area (Å²) in [6, 6.07) is 10.5. The maximum atomic E-state index is 14.3. The predicted octanol–water partition coefficient (Wildman–Crippen LogP) is 4.54. The van der Waals surface area contributed by atoms with Gasteiger partial charge in [0.15, 0.2) is 0 Å². The fourth-order valence-corrected chi connectivity index (χ4v) is 2.96. The molecule has 2 amide bonds. The number of alkyl halides is 3. The number of hydrogen-bond acceptors (Lipinski definition) is 2. The summed E-state index contributed by atoms with van der Waals surface area (Å²) in [5, 5.41) is 2.23. The maximum Gasteiger partial charge on any atom is 0.417 e. The van der Waals surface area contributed by atoms with E-state index in [1.807, 2.05) is 0 Å². The van der Waals surface area contributed by atoms with Gasteiger partial charge in [0.2, 0.25) is 11.8 Å². The Balaban J connectivity index is 1.81. The number of benzene rings is 2. The fourth-order valence-electron chi connectivity index (χ4n) is 2.96. The molecule has 1 N–H and O–H groups in total. The molecule has 0 aliphatic carbocycles. The average Bonchev–Trinajstić information content (AvgIpc) is 3.05. The number of halogens is 4. The molecule has 8 heteroatoms. The van der Waals surface area contributed by atoms with Gasteiger partial charge >= 0.3 is 6.18 Å². The zero-order chi connectivity index (χ0) is 20.3. The Bertz CT molecular complexity index is 924. The van der Waals surface area contributed by atoms with Gasteiger partial charge in [-0.1, -0.05) is 30.3 Å². The molecular weight excluding hydrogens is 376 g/mol. The van der Waals surface area contributed by atoms with Crippen molar-refractivity contribution in [2.24, 2.45) is 0 Å². The maximum absolute atomic E-state index is 14.3. The lowest BCUT2D eigenvalue weighted by atomic mass is 10.1. The predicted molar refractivity (Wildman–Crippen MR) is 97.1 cm³/mol. The number of carbonyl (C=O) groups is 2. The first kappa shape index (κ1) is 19.6. The molecule has 0 aromatic heterocycles. The summed E-state index contributed by atoms with van der Waals surface area (Å²) in [7, 11) is 0. The van der Waals surface area contributed by atoms with Crippen molar-refractivity contribution >= 4 is 28.8 Å². The van der Waals surface area contributed by atoms with Crippen molar-refractivity contribution in [2.45, 2.75) is 19.0 Å². The monoisotopic (exact) mass is 392 g/mol. The van der Waals surface area contributed by atoms with Gasteiger partial charge in [-0.25, -0.2) is 4.39 Å². The zero-order valence-electron chi connectivity index (χ0n) is 14.6. The molecule has 0 radical (unpaired) electrons. The molecular formula is C20H16F4N2O2. The van der Waals surface area contributed by atoms with Crippen molar-refractivity contribution in [3.8, 4) is 0 Å². The molecule has 0 saturated carbocycles. The quantitative estimate of drug-likeness (QED) is 0.614. The van der Waals surface area contributed by atoms with E-state index in [0.29, 0.717) is 25.5 Å². The van der Waals surface area contributed by atoms with Crippen LogP contribution in [0.3, 0.4) is 0 Å². The topological polar surface area (TPSA) is 49.4 Å². The summed E-state index contributed by atoms with van der Waals surface area (Å²) in [5.74, 6) is -1.98. The molecule has 4 nitrogen and oxygen atoms in total. The van der Waals surface area contributed by atoms with Gasteiger partial charge in [0.1, 0.15) is 5.82 Å². The lowest BCUT2D eigenvalue weighted by Crippen LogP contribution is -2.24. The SMILES string of the molecule is O=C(/C=C(/c1ccccc1)C(F)(F)F)Nc1ccc(N2CCCC2=O)c(F)c1. The molecule has 0 spiro atoms. The van der Waals surface area contributed by atoms with E-state index in [1.54, 1.807) is 6.07 Å². The van der Waals surface area contributed by atoms with E-state index >= 15 is 0 Å². The highest BCUT2D eigenvalue weighted by Crippen LogP contribution is 2.34. The van der Waals surface area contributed by atoms with E-state index < -0.39 is 23.5 Å². The summed E-state index contributed by atoms with van der Waals surface area (Å²) < 4.78 is 54.2. The van der Waals surface area contributed by atoms with E-state index in [9.17, 15) is 27.2 Å². The summed E-state index contributed by atoms with van der Waals surface area (Å²) in [6.07, 6.45) is -3.33. The van der Waals surface area contributed by atoms with E-state index in [4.69, 9.17) is 0 Å². The molecule has 1 heterocycles. The van der Waals surface area contributed by atoms with Crippen LogP contribution in [0, 0.1) is 5.82 Å². The number of rotatable bonds is 4. The van der Waals surface area contributed by atoms with Crippen molar-refractivity contribution in [2.75, 3.05) is 16.8 Å². The second-order valence-corrected chi connectivity index (χ2v) is 6.23. The second-order valence-electron chi connectivity index (χ2n) is 6.23. The van der Waals surface area contributed by atoms with Crippen LogP contribution < -0.4 is 10.2 Å². The number of nitrogens with zero attached hydrogens (tertiary/aromatic N) is 1. The molecule has 146 valence electrons. The van der Waals surface area contributed by atoms with Crippen LogP contribution in [0.2, 0.25) is 0 Å². The summed E-state index contributed by atoms with van der Waals surface area (Å²) in [4.78, 5) is 25.1. The number of anilines is 2. The van der Waals surface area contributed by atoms with Crippen LogP contribution in [0.5, 0.6) is 0 Å². The first-order chi connectivity index (χ1) is 13.3. The third-order valence-electron chi connectivity index (χ3n) is 4.25. The van der Waals surface area contributed by atoms with Crippen LogP contribution in [-0.2, 0) is 9.59 Å². The van der Waals surface area contributed by atoms with Crippen LogP contribution in [0.4, 0.5) is 28.9 Å². The normalized spacial score (nSPS) is 15.1. The van der Waals surface area contributed by atoms with Crippen LogP contribution >= 0.6 is 0 Å². The second kappa shape index (κ2) is 7.84. The minimum atomic E-state index is -4.73. The largest absolute Gasteiger partial charge is 0.417 e. The molecule has 1 fully saturated rings. The molecule has 0 unspecified atom stereocenters. The van der Waals surface area contributed by atoms with Crippen LogP contribution in [-0.4, -0.2) is 24.5 Å². The van der Waals surface area contributed by atoms with Crippen molar-refractivity contribution < 1.29 is 27.2 Å². The lowest BCUT2D eigenvalue weighted by molar-refractivity contribution is -0.117. The van der Waals surface area contributed by atoms with Gasteiger partial charge in [0, 0.05) is 24.7 Å². The highest BCUT2D eigenvalue weighted by Gasteiger charge is 2.35. The van der Waals surface area contributed by atoms with Gasteiger partial charge in [0.05, 0.1) is 11.3 Å². The van der Waals surface area contributed by atoms with Gasteiger partial charge in [-0.2, -0.15) is 13.2 Å². The van der Waals surface area contributed by atoms with Crippen molar-refractivity contribution in [3.05, 3.63) is 66.0 Å². The Morgan fingerprint density at radius 2 is 1.82 bits per heavy atom. The molecule has 2 aromatic carbocycles. The number of allylic oxidation sites excluding steroid dienone is 1. The molecule has 2 aromatic rings. The average molecular weight is 392 g/mol. The number of amides is 2. The standard InChI is InChI=1S/C20H16F4N2O2/c21-16-11-14(8-9-17(16)26-10-4-7-19(26)28)25-18(27)12-15(20(22,23)24)13-5-2-1-3-6-13/h1-3,5-6,8-9,11-12H,4,7,10H2,(H,25,27)/b15-12-. The molecule has 0 atom stereocenters. The Hall–Kier alpha value is -3.16. The summed E-state index contributed by atoms with van der Waals surface area (Å²) in [5.41, 5.74) is -1.19. The van der Waals surface area contributed by atoms with Gasteiger partial charge in [0.25, 0.3) is 0 Å². The smallest absolute Gasteiger partial charge is 0.322 e. The Kier molecular flexibility index (Phi) is 5.48. The fraction of sp³-hybridized carbons (Fsp3) is 0.200. The third kappa shape index (κ3) is 4.39. The van der Waals surface area contributed by atoms with Gasteiger partial charge in [-0.3, -0.25) is 9.59 Å². The highest BCUT2D eigenvalue weighted by atomic mass is 19.4. The Morgan fingerprint density at radius 1 is 1.11 bits per heavy atom. The Morgan fingerprint density at radius 3 is 2.39 bits per heavy atom.